The molecule has 194 valence electrons. The van der Waals surface area contributed by atoms with E-state index in [1.807, 2.05) is 80.6 Å². The van der Waals surface area contributed by atoms with Crippen molar-refractivity contribution >= 4 is 18.2 Å². The van der Waals surface area contributed by atoms with Crippen molar-refractivity contribution in [3.63, 3.8) is 0 Å². The molecule has 0 aromatic heterocycles. The molecule has 1 N–H and O–H groups in total. The van der Waals surface area contributed by atoms with E-state index in [-0.39, 0.29) is 12.0 Å². The van der Waals surface area contributed by atoms with Gasteiger partial charge in [-0.15, -0.1) is 0 Å². The third-order valence-corrected chi connectivity index (χ3v) is 5.89. The smallest absolute Gasteiger partial charge is 0.196 e. The summed E-state index contributed by atoms with van der Waals surface area (Å²) in [7, 11) is 0. The van der Waals surface area contributed by atoms with Gasteiger partial charge in [-0.25, -0.2) is 0 Å². The van der Waals surface area contributed by atoms with Crippen molar-refractivity contribution in [3.8, 4) is 11.5 Å². The Labute approximate surface area is 221 Å². The van der Waals surface area contributed by atoms with Gasteiger partial charge in [-0.2, -0.15) is 0 Å². The Hall–Kier alpha value is -3.60. The molecule has 1 aliphatic heterocycles. The predicted octanol–water partition coefficient (Wildman–Crippen LogP) is 8.45. The van der Waals surface area contributed by atoms with Crippen LogP contribution in [0.1, 0.15) is 61.5 Å². The molecule has 1 fully saturated rings. The first kappa shape index (κ1) is 28.0. The molecule has 0 aliphatic carbocycles. The summed E-state index contributed by atoms with van der Waals surface area (Å²) in [6, 6.07) is 23.4. The molecule has 3 aromatic rings. The molecule has 37 heavy (non-hydrogen) atoms. The van der Waals surface area contributed by atoms with Crippen LogP contribution >= 0.6 is 0 Å². The fourth-order valence-corrected chi connectivity index (χ4v) is 3.89. The molecule has 0 spiro atoms. The van der Waals surface area contributed by atoms with Gasteiger partial charge in [-0.05, 0) is 79.6 Å². The van der Waals surface area contributed by atoms with Gasteiger partial charge in [0.25, 0.3) is 0 Å². The number of rotatable bonds is 9. The largest absolute Gasteiger partial charge is 0.508 e. The van der Waals surface area contributed by atoms with Crippen molar-refractivity contribution in [2.75, 3.05) is 13.2 Å². The molecule has 2 atom stereocenters. The third-order valence-electron chi connectivity index (χ3n) is 5.89. The second kappa shape index (κ2) is 15.5. The van der Waals surface area contributed by atoms with Crippen LogP contribution in [0.5, 0.6) is 11.5 Å². The highest BCUT2D eigenvalue weighted by atomic mass is 16.7. The lowest BCUT2D eigenvalue weighted by atomic mass is 10.0. The van der Waals surface area contributed by atoms with Gasteiger partial charge in [-0.3, -0.25) is 0 Å². The summed E-state index contributed by atoms with van der Waals surface area (Å²) in [6.45, 7) is 9.11. The van der Waals surface area contributed by atoms with Crippen LogP contribution in [-0.4, -0.2) is 24.6 Å². The molecular formula is C33H38O4. The lowest BCUT2D eigenvalue weighted by molar-refractivity contribution is -0.0613. The van der Waals surface area contributed by atoms with Crippen LogP contribution in [0.25, 0.3) is 18.2 Å². The molecule has 4 rings (SSSR count). The molecule has 2 unspecified atom stereocenters. The summed E-state index contributed by atoms with van der Waals surface area (Å²) in [4.78, 5) is 0. The Kier molecular flexibility index (Phi) is 11.7. The van der Waals surface area contributed by atoms with Crippen LogP contribution in [0.4, 0.5) is 0 Å². The topological polar surface area (TPSA) is 47.9 Å². The van der Waals surface area contributed by atoms with E-state index in [0.717, 1.165) is 29.9 Å². The van der Waals surface area contributed by atoms with Crippen LogP contribution < -0.4 is 4.74 Å². The molecule has 1 aliphatic rings. The van der Waals surface area contributed by atoms with E-state index in [4.69, 9.17) is 14.2 Å². The average Bonchev–Trinajstić information content (AvgIpc) is 2.94. The number of ether oxygens (including phenoxy) is 3. The van der Waals surface area contributed by atoms with E-state index in [2.05, 4.69) is 30.8 Å². The van der Waals surface area contributed by atoms with Crippen molar-refractivity contribution in [1.82, 2.24) is 0 Å². The van der Waals surface area contributed by atoms with Crippen molar-refractivity contribution in [2.45, 2.75) is 45.5 Å². The monoisotopic (exact) mass is 498 g/mol. The Morgan fingerprint density at radius 2 is 1.49 bits per heavy atom. The Morgan fingerprint density at radius 1 is 0.892 bits per heavy atom. The summed E-state index contributed by atoms with van der Waals surface area (Å²) in [6.07, 6.45) is 13.6. The zero-order chi connectivity index (χ0) is 26.3. The summed E-state index contributed by atoms with van der Waals surface area (Å²) < 4.78 is 16.7. The maximum absolute atomic E-state index is 9.23. The molecule has 0 radical (unpaired) electrons. The molecule has 3 aromatic carbocycles. The Bertz CT molecular complexity index is 1110. The zero-order valence-corrected chi connectivity index (χ0v) is 21.9. The minimum atomic E-state index is -0.241. The predicted molar refractivity (Wildman–Crippen MR) is 153 cm³/mol. The minimum absolute atomic E-state index is 0.241. The van der Waals surface area contributed by atoms with E-state index in [9.17, 15) is 5.11 Å². The lowest BCUT2D eigenvalue weighted by Gasteiger charge is -2.22. The van der Waals surface area contributed by atoms with Gasteiger partial charge in [-0.1, -0.05) is 85.5 Å². The summed E-state index contributed by atoms with van der Waals surface area (Å²) in [5, 5.41) is 9.23. The summed E-state index contributed by atoms with van der Waals surface area (Å²) >= 11 is 0. The molecular weight excluding hydrogens is 460 g/mol. The van der Waals surface area contributed by atoms with Crippen LogP contribution in [0.15, 0.2) is 91.5 Å². The van der Waals surface area contributed by atoms with Crippen molar-refractivity contribution in [1.29, 1.82) is 0 Å². The first-order valence-corrected chi connectivity index (χ1v) is 12.9. The van der Waals surface area contributed by atoms with Crippen LogP contribution in [0, 0.1) is 0 Å². The first-order valence-electron chi connectivity index (χ1n) is 12.9. The normalized spacial score (nSPS) is 16.2. The van der Waals surface area contributed by atoms with Gasteiger partial charge in [0.2, 0.25) is 0 Å². The lowest BCUT2D eigenvalue weighted by Crippen LogP contribution is -2.15. The van der Waals surface area contributed by atoms with Gasteiger partial charge >= 0.3 is 0 Å². The fourth-order valence-electron chi connectivity index (χ4n) is 3.89. The van der Waals surface area contributed by atoms with Gasteiger partial charge in [0, 0.05) is 13.2 Å². The highest BCUT2D eigenvalue weighted by molar-refractivity contribution is 5.58. The number of benzene rings is 3. The molecule has 1 heterocycles. The Balaban J connectivity index is 0.000000231. The van der Waals surface area contributed by atoms with Crippen LogP contribution in [0.2, 0.25) is 0 Å². The maximum Gasteiger partial charge on any atom is 0.196 e. The highest BCUT2D eigenvalue weighted by Crippen LogP contribution is 2.27. The number of hydrogen-bond acceptors (Lipinski definition) is 4. The number of allylic oxidation sites excluding steroid dienone is 2. The fraction of sp³-hybridized carbons (Fsp3) is 0.273. The van der Waals surface area contributed by atoms with Crippen LogP contribution in [-0.2, 0) is 9.47 Å². The van der Waals surface area contributed by atoms with Crippen molar-refractivity contribution < 1.29 is 19.3 Å². The number of hydrogen-bond donors (Lipinski definition) is 1. The standard InChI is InChI=1S/C20H22O3.C13H16O/c1-3-22-16(2)23-20-14-10-18(11-15-20)7-5-4-6-17-8-12-19(21)13-9-17;1-2-11-6-8-12(9-7-11)13-5-3-4-10-14-13/h4-16,21H,3H2,1-2H3;2,6-9,13H,1,3-5,10H2. The van der Waals surface area contributed by atoms with Gasteiger partial charge in [0.05, 0.1) is 6.10 Å². The molecule has 1 saturated heterocycles. The second-order valence-corrected chi connectivity index (χ2v) is 8.75. The van der Waals surface area contributed by atoms with Gasteiger partial charge in [0.15, 0.2) is 6.29 Å². The third kappa shape index (κ3) is 10.1. The number of aromatic hydroxyl groups is 1. The van der Waals surface area contributed by atoms with Gasteiger partial charge < -0.3 is 19.3 Å². The van der Waals surface area contributed by atoms with Gasteiger partial charge in [0.1, 0.15) is 11.5 Å². The first-order chi connectivity index (χ1) is 18.1. The minimum Gasteiger partial charge on any atom is -0.508 e. The molecule has 4 nitrogen and oxygen atoms in total. The zero-order valence-electron chi connectivity index (χ0n) is 21.9. The number of phenolic OH excluding ortho intramolecular Hbond substituents is 1. The average molecular weight is 499 g/mol. The molecule has 0 amide bonds. The van der Waals surface area contributed by atoms with E-state index in [1.54, 1.807) is 12.1 Å². The quantitative estimate of drug-likeness (QED) is 0.237. The van der Waals surface area contributed by atoms with Crippen molar-refractivity contribution in [3.05, 3.63) is 114 Å². The second-order valence-electron chi connectivity index (χ2n) is 8.75. The van der Waals surface area contributed by atoms with E-state index >= 15 is 0 Å². The van der Waals surface area contributed by atoms with E-state index in [1.165, 1.54) is 24.0 Å². The highest BCUT2D eigenvalue weighted by Gasteiger charge is 2.15. The molecule has 0 bridgehead atoms. The van der Waals surface area contributed by atoms with E-state index in [0.29, 0.717) is 12.7 Å². The van der Waals surface area contributed by atoms with E-state index < -0.39 is 0 Å². The summed E-state index contributed by atoms with van der Waals surface area (Å²) in [5.74, 6) is 1.07. The summed E-state index contributed by atoms with van der Waals surface area (Å²) in [5.41, 5.74) is 4.61. The Morgan fingerprint density at radius 3 is 2.03 bits per heavy atom. The SMILES string of the molecule is C=Cc1ccc(C2CCCCO2)cc1.CCOC(C)Oc1ccc(C=CC=Cc2ccc(O)cc2)cc1. The van der Waals surface area contributed by atoms with Crippen LogP contribution in [0.3, 0.4) is 0 Å². The molecule has 4 heteroatoms. The maximum atomic E-state index is 9.23. The van der Waals surface area contributed by atoms with Crippen molar-refractivity contribution in [2.24, 2.45) is 0 Å². The molecule has 0 saturated carbocycles. The number of phenols is 1.